The van der Waals surface area contributed by atoms with E-state index in [0.29, 0.717) is 11.3 Å². The number of anilines is 1. The Morgan fingerprint density at radius 1 is 1.37 bits per heavy atom. The van der Waals surface area contributed by atoms with Crippen LogP contribution in [0.5, 0.6) is 0 Å². The summed E-state index contributed by atoms with van der Waals surface area (Å²) in [6, 6.07) is 3.63. The molecular weight excluding hydrogens is 304 g/mol. The maximum Gasteiger partial charge on any atom is 0.251 e. The summed E-state index contributed by atoms with van der Waals surface area (Å²) in [5.74, 6) is 0.679. The minimum absolute atomic E-state index is 0.0463. The van der Waals surface area contributed by atoms with Crippen molar-refractivity contribution in [1.82, 2.24) is 5.32 Å². The average molecular weight is 327 g/mol. The van der Waals surface area contributed by atoms with E-state index in [1.807, 2.05) is 19.1 Å². The molecule has 0 saturated carbocycles. The maximum absolute atomic E-state index is 12.1. The zero-order chi connectivity index (χ0) is 14.4. The predicted molar refractivity (Wildman–Crippen MR) is 84.3 cm³/mol. The van der Waals surface area contributed by atoms with Crippen LogP contribution in [0.25, 0.3) is 0 Å². The number of nitrogens with one attached hydrogen (secondary N) is 1. The highest BCUT2D eigenvalue weighted by Crippen LogP contribution is 2.22. The van der Waals surface area contributed by atoms with E-state index in [4.69, 9.17) is 5.73 Å². The van der Waals surface area contributed by atoms with Gasteiger partial charge in [0.05, 0.1) is 0 Å². The molecule has 106 valence electrons. The number of unbranched alkanes of at least 4 members (excludes halogenated alkanes) is 1. The van der Waals surface area contributed by atoms with Crippen LogP contribution in [0.15, 0.2) is 16.6 Å². The minimum atomic E-state index is -0.0463. The Morgan fingerprint density at radius 3 is 2.68 bits per heavy atom. The number of benzene rings is 1. The van der Waals surface area contributed by atoms with Crippen LogP contribution in [-0.2, 0) is 0 Å². The van der Waals surface area contributed by atoms with E-state index in [0.717, 1.165) is 35.3 Å². The highest BCUT2D eigenvalue weighted by molar-refractivity contribution is 9.10. The van der Waals surface area contributed by atoms with Gasteiger partial charge in [-0.15, -0.1) is 0 Å². The first kappa shape index (κ1) is 16.0. The molecule has 1 rings (SSSR count). The molecule has 0 aliphatic heterocycles. The number of nitrogen functional groups attached to an aromatic ring is 1. The van der Waals surface area contributed by atoms with Gasteiger partial charge in [-0.1, -0.05) is 42.6 Å². The Kier molecular flexibility index (Phi) is 6.35. The lowest BCUT2D eigenvalue weighted by Crippen LogP contribution is -2.25. The molecule has 0 fully saturated rings. The lowest BCUT2D eigenvalue weighted by Gasteiger charge is -2.10. The molecule has 0 spiro atoms. The minimum Gasteiger partial charge on any atom is -0.398 e. The Morgan fingerprint density at radius 2 is 2.05 bits per heavy atom. The number of hydrogen-bond acceptors (Lipinski definition) is 2. The fourth-order valence-electron chi connectivity index (χ4n) is 1.91. The molecule has 4 heteroatoms. The second-order valence-corrected chi connectivity index (χ2v) is 6.23. The van der Waals surface area contributed by atoms with Crippen LogP contribution in [0.2, 0.25) is 0 Å². The van der Waals surface area contributed by atoms with Gasteiger partial charge in [0.2, 0.25) is 0 Å². The van der Waals surface area contributed by atoms with Crippen molar-refractivity contribution >= 4 is 27.5 Å². The molecular formula is C15H23BrN2O. The van der Waals surface area contributed by atoms with E-state index in [9.17, 15) is 4.79 Å². The van der Waals surface area contributed by atoms with Crippen LogP contribution in [0.3, 0.4) is 0 Å². The van der Waals surface area contributed by atoms with Crippen molar-refractivity contribution < 1.29 is 4.79 Å². The highest BCUT2D eigenvalue weighted by atomic mass is 79.9. The third kappa shape index (κ3) is 5.23. The van der Waals surface area contributed by atoms with Crippen LogP contribution >= 0.6 is 15.9 Å². The van der Waals surface area contributed by atoms with Crippen molar-refractivity contribution in [2.24, 2.45) is 5.92 Å². The van der Waals surface area contributed by atoms with Gasteiger partial charge in [0.15, 0.2) is 0 Å². The van der Waals surface area contributed by atoms with Gasteiger partial charge in [0, 0.05) is 22.3 Å². The third-order valence-electron chi connectivity index (χ3n) is 3.15. The number of nitrogens with two attached hydrogens (primary N) is 1. The summed E-state index contributed by atoms with van der Waals surface area (Å²) >= 11 is 3.36. The van der Waals surface area contributed by atoms with Crippen LogP contribution in [0.1, 0.15) is 49.0 Å². The highest BCUT2D eigenvalue weighted by Gasteiger charge is 2.11. The fourth-order valence-corrected chi connectivity index (χ4v) is 2.39. The summed E-state index contributed by atoms with van der Waals surface area (Å²) < 4.78 is 0.834. The quantitative estimate of drug-likeness (QED) is 0.615. The standard InChI is InChI=1S/C15H23BrN2O/c1-10(2)6-4-5-7-18-15(19)13-8-12(16)9-14(17)11(13)3/h8-10H,4-7,17H2,1-3H3,(H,18,19). The fraction of sp³-hybridized carbons (Fsp3) is 0.533. The molecule has 0 heterocycles. The predicted octanol–water partition coefficient (Wildman–Crippen LogP) is 3.90. The molecule has 3 nitrogen and oxygen atoms in total. The topological polar surface area (TPSA) is 55.1 Å². The lowest BCUT2D eigenvalue weighted by molar-refractivity contribution is 0.0952. The van der Waals surface area contributed by atoms with E-state index in [-0.39, 0.29) is 5.91 Å². The van der Waals surface area contributed by atoms with Crippen LogP contribution < -0.4 is 11.1 Å². The first-order valence-electron chi connectivity index (χ1n) is 6.75. The zero-order valence-corrected chi connectivity index (χ0v) is 13.5. The number of rotatable bonds is 6. The monoisotopic (exact) mass is 326 g/mol. The summed E-state index contributed by atoms with van der Waals surface area (Å²) in [5, 5.41) is 2.95. The Hall–Kier alpha value is -1.03. The van der Waals surface area contributed by atoms with E-state index >= 15 is 0 Å². The molecule has 1 aromatic rings. The summed E-state index contributed by atoms with van der Waals surface area (Å²) in [4.78, 5) is 12.1. The molecule has 0 aromatic heterocycles. The molecule has 0 bridgehead atoms. The first-order valence-corrected chi connectivity index (χ1v) is 7.55. The molecule has 1 aromatic carbocycles. The molecule has 0 radical (unpaired) electrons. The van der Waals surface area contributed by atoms with Crippen molar-refractivity contribution in [2.75, 3.05) is 12.3 Å². The second kappa shape index (κ2) is 7.53. The van der Waals surface area contributed by atoms with E-state index in [1.54, 1.807) is 0 Å². The number of halogens is 1. The molecule has 0 aliphatic carbocycles. The molecule has 0 aliphatic rings. The van der Waals surface area contributed by atoms with Crippen molar-refractivity contribution in [3.63, 3.8) is 0 Å². The van der Waals surface area contributed by atoms with Gasteiger partial charge in [-0.25, -0.2) is 0 Å². The van der Waals surface area contributed by atoms with Gasteiger partial charge in [0.25, 0.3) is 5.91 Å². The molecule has 1 amide bonds. The molecule has 0 saturated heterocycles. The summed E-state index contributed by atoms with van der Waals surface area (Å²) in [6.45, 7) is 7.02. The SMILES string of the molecule is Cc1c(N)cc(Br)cc1C(=O)NCCCCC(C)C. The summed E-state index contributed by atoms with van der Waals surface area (Å²) in [7, 11) is 0. The maximum atomic E-state index is 12.1. The lowest BCUT2D eigenvalue weighted by atomic mass is 10.1. The summed E-state index contributed by atoms with van der Waals surface area (Å²) in [5.41, 5.74) is 7.98. The van der Waals surface area contributed by atoms with Gasteiger partial charge in [0.1, 0.15) is 0 Å². The summed E-state index contributed by atoms with van der Waals surface area (Å²) in [6.07, 6.45) is 3.38. The number of amides is 1. The van der Waals surface area contributed by atoms with E-state index in [1.165, 1.54) is 6.42 Å². The zero-order valence-electron chi connectivity index (χ0n) is 11.9. The largest absolute Gasteiger partial charge is 0.398 e. The van der Waals surface area contributed by atoms with Gasteiger partial charge >= 0.3 is 0 Å². The second-order valence-electron chi connectivity index (χ2n) is 5.31. The van der Waals surface area contributed by atoms with Gasteiger partial charge in [-0.05, 0) is 37.0 Å². The Bertz CT molecular complexity index is 444. The number of carbonyl (C=O) groups excluding carboxylic acids is 1. The normalized spacial score (nSPS) is 10.8. The van der Waals surface area contributed by atoms with Crippen LogP contribution in [0, 0.1) is 12.8 Å². The number of hydrogen-bond donors (Lipinski definition) is 2. The van der Waals surface area contributed by atoms with Gasteiger partial charge in [-0.2, -0.15) is 0 Å². The molecule has 0 unspecified atom stereocenters. The van der Waals surface area contributed by atoms with Gasteiger partial charge < -0.3 is 11.1 Å². The Balaban J connectivity index is 2.50. The average Bonchev–Trinajstić information content (AvgIpc) is 2.32. The molecule has 3 N–H and O–H groups in total. The Labute approximate surface area is 124 Å². The van der Waals surface area contributed by atoms with Crippen molar-refractivity contribution in [3.05, 3.63) is 27.7 Å². The van der Waals surface area contributed by atoms with Crippen molar-refractivity contribution in [3.8, 4) is 0 Å². The van der Waals surface area contributed by atoms with Crippen molar-refractivity contribution in [2.45, 2.75) is 40.0 Å². The smallest absolute Gasteiger partial charge is 0.251 e. The van der Waals surface area contributed by atoms with E-state index in [2.05, 4.69) is 35.1 Å². The molecule has 19 heavy (non-hydrogen) atoms. The first-order chi connectivity index (χ1) is 8.91. The van der Waals surface area contributed by atoms with E-state index < -0.39 is 0 Å². The molecule has 0 atom stereocenters. The number of carbonyl (C=O) groups is 1. The van der Waals surface area contributed by atoms with Gasteiger partial charge in [-0.3, -0.25) is 4.79 Å². The van der Waals surface area contributed by atoms with Crippen LogP contribution in [-0.4, -0.2) is 12.5 Å². The third-order valence-corrected chi connectivity index (χ3v) is 3.61. The van der Waals surface area contributed by atoms with Crippen LogP contribution in [0.4, 0.5) is 5.69 Å². The van der Waals surface area contributed by atoms with Crippen molar-refractivity contribution in [1.29, 1.82) is 0 Å².